The molecular weight excluding hydrogens is 400 g/mol. The van der Waals surface area contributed by atoms with Crippen molar-refractivity contribution < 1.29 is 4.84 Å². The minimum Gasteiger partial charge on any atom is -0.406 e. The van der Waals surface area contributed by atoms with Gasteiger partial charge in [0.1, 0.15) is 5.75 Å². The molecule has 0 aromatic heterocycles. The van der Waals surface area contributed by atoms with Gasteiger partial charge in [-0.1, -0.05) is 60.3 Å². The first-order valence-electron chi connectivity index (χ1n) is 10.1. The average molecular weight is 431 g/mol. The molecule has 1 atom stereocenters. The molecule has 2 aromatic rings. The third-order valence-electron chi connectivity index (χ3n) is 5.36. The number of hydrogen-bond acceptors (Lipinski definition) is 3. The van der Waals surface area contributed by atoms with E-state index in [2.05, 4.69) is 77.3 Å². The number of halogens is 1. The average Bonchev–Trinajstić information content (AvgIpc) is 2.66. The van der Waals surface area contributed by atoms with E-state index in [1.54, 1.807) is 0 Å². The smallest absolute Gasteiger partial charge is 0.147 e. The lowest BCUT2D eigenvalue weighted by atomic mass is 9.88. The zero-order valence-electron chi connectivity index (χ0n) is 16.7. The van der Waals surface area contributed by atoms with Crippen LogP contribution in [0.2, 0.25) is 0 Å². The predicted octanol–water partition coefficient (Wildman–Crippen LogP) is 5.83. The Morgan fingerprint density at radius 1 is 1.11 bits per heavy atom. The topological polar surface area (TPSA) is 15.7 Å². The van der Waals surface area contributed by atoms with Crippen LogP contribution in [0.1, 0.15) is 55.3 Å². The van der Waals surface area contributed by atoms with Gasteiger partial charge in [-0.3, -0.25) is 4.90 Å². The first kappa shape index (κ1) is 20.4. The fraction of sp³-hybridized carbons (Fsp3) is 0.478. The van der Waals surface area contributed by atoms with Gasteiger partial charge in [-0.05, 0) is 60.8 Å². The number of fused-ring (bicyclic) bond motifs is 1. The molecule has 2 aromatic carbocycles. The summed E-state index contributed by atoms with van der Waals surface area (Å²) in [6.45, 7) is 4.28. The number of hydroxylamine groups is 2. The first-order chi connectivity index (χ1) is 13.1. The fourth-order valence-corrected chi connectivity index (χ4v) is 4.12. The largest absolute Gasteiger partial charge is 0.406 e. The van der Waals surface area contributed by atoms with E-state index in [0.29, 0.717) is 6.04 Å². The summed E-state index contributed by atoms with van der Waals surface area (Å²) < 4.78 is 1.12. The van der Waals surface area contributed by atoms with Gasteiger partial charge in [0.05, 0.1) is 6.04 Å². The van der Waals surface area contributed by atoms with Crippen LogP contribution in [-0.4, -0.2) is 37.1 Å². The van der Waals surface area contributed by atoms with Crippen LogP contribution in [0, 0.1) is 0 Å². The Hall–Kier alpha value is -1.36. The minimum absolute atomic E-state index is 0.308. The second-order valence-electron chi connectivity index (χ2n) is 7.55. The van der Waals surface area contributed by atoms with Gasteiger partial charge in [-0.25, -0.2) is 0 Å². The molecule has 0 saturated heterocycles. The minimum atomic E-state index is 0.308. The van der Waals surface area contributed by atoms with Crippen molar-refractivity contribution in [3.05, 3.63) is 63.6 Å². The summed E-state index contributed by atoms with van der Waals surface area (Å²) in [6, 6.07) is 15.6. The maximum atomic E-state index is 6.06. The van der Waals surface area contributed by atoms with E-state index in [-0.39, 0.29) is 0 Å². The molecule has 0 N–H and O–H groups in total. The van der Waals surface area contributed by atoms with Crippen molar-refractivity contribution in [1.29, 1.82) is 0 Å². The van der Waals surface area contributed by atoms with Crippen molar-refractivity contribution in [3.8, 4) is 5.75 Å². The van der Waals surface area contributed by atoms with Gasteiger partial charge in [0.25, 0.3) is 0 Å². The maximum absolute atomic E-state index is 6.06. The molecular formula is C23H31BrN2O. The summed E-state index contributed by atoms with van der Waals surface area (Å²) in [4.78, 5) is 8.49. The van der Waals surface area contributed by atoms with Crippen molar-refractivity contribution in [2.45, 2.75) is 45.1 Å². The van der Waals surface area contributed by atoms with E-state index in [0.717, 1.165) is 29.7 Å². The van der Waals surface area contributed by atoms with Gasteiger partial charge >= 0.3 is 0 Å². The van der Waals surface area contributed by atoms with Crippen molar-refractivity contribution in [2.75, 3.05) is 27.2 Å². The van der Waals surface area contributed by atoms with Crippen LogP contribution in [0.4, 0.5) is 0 Å². The molecule has 0 fully saturated rings. The predicted molar refractivity (Wildman–Crippen MR) is 116 cm³/mol. The van der Waals surface area contributed by atoms with Gasteiger partial charge in [0.15, 0.2) is 0 Å². The summed E-state index contributed by atoms with van der Waals surface area (Å²) in [5.41, 5.74) is 4.13. The van der Waals surface area contributed by atoms with Crippen LogP contribution < -0.4 is 4.84 Å². The lowest BCUT2D eigenvalue weighted by molar-refractivity contribution is -0.0328. The monoisotopic (exact) mass is 430 g/mol. The molecule has 0 spiro atoms. The molecule has 0 amide bonds. The molecule has 1 aliphatic rings. The molecule has 3 rings (SSSR count). The molecule has 0 radical (unpaired) electrons. The number of benzene rings is 2. The van der Waals surface area contributed by atoms with Crippen LogP contribution in [-0.2, 0) is 6.42 Å². The highest BCUT2D eigenvalue weighted by Gasteiger charge is 2.26. The molecule has 1 unspecified atom stereocenters. The Morgan fingerprint density at radius 2 is 1.89 bits per heavy atom. The van der Waals surface area contributed by atoms with Crippen molar-refractivity contribution in [3.63, 3.8) is 0 Å². The normalized spacial score (nSPS) is 17.1. The van der Waals surface area contributed by atoms with Crippen LogP contribution in [0.25, 0.3) is 0 Å². The lowest BCUT2D eigenvalue weighted by Crippen LogP contribution is -2.33. The Balaban J connectivity index is 1.71. The molecule has 27 heavy (non-hydrogen) atoms. The number of hydrogen-bond donors (Lipinski definition) is 0. The summed E-state index contributed by atoms with van der Waals surface area (Å²) >= 11 is 3.54. The quantitative estimate of drug-likeness (QED) is 0.386. The van der Waals surface area contributed by atoms with Crippen molar-refractivity contribution >= 4 is 15.9 Å². The molecule has 0 bridgehead atoms. The van der Waals surface area contributed by atoms with E-state index >= 15 is 0 Å². The first-order valence-corrected chi connectivity index (χ1v) is 10.9. The van der Waals surface area contributed by atoms with Gasteiger partial charge in [-0.2, -0.15) is 0 Å². The summed E-state index contributed by atoms with van der Waals surface area (Å²) in [5.74, 6) is 0.950. The van der Waals surface area contributed by atoms with Crippen LogP contribution in [0.3, 0.4) is 0 Å². The second kappa shape index (κ2) is 9.72. The second-order valence-corrected chi connectivity index (χ2v) is 8.46. The number of rotatable bonds is 8. The molecule has 3 nitrogen and oxygen atoms in total. The van der Waals surface area contributed by atoms with Crippen molar-refractivity contribution in [1.82, 2.24) is 9.96 Å². The fourth-order valence-electron chi connectivity index (χ4n) is 3.85. The third-order valence-corrected chi connectivity index (χ3v) is 5.89. The zero-order valence-corrected chi connectivity index (χ0v) is 18.3. The van der Waals surface area contributed by atoms with Crippen LogP contribution in [0.15, 0.2) is 46.9 Å². The Bertz CT molecular complexity index is 732. The Morgan fingerprint density at radius 3 is 2.63 bits per heavy atom. The Kier molecular flexibility index (Phi) is 7.33. The lowest BCUT2D eigenvalue weighted by Gasteiger charge is -2.35. The number of likely N-dealkylation sites (N-methyl/N-ethyl adjacent to an activating group) is 1. The van der Waals surface area contributed by atoms with Gasteiger partial charge in [0.2, 0.25) is 0 Å². The maximum Gasteiger partial charge on any atom is 0.147 e. The highest BCUT2D eigenvalue weighted by molar-refractivity contribution is 9.10. The van der Waals surface area contributed by atoms with Crippen LogP contribution >= 0.6 is 15.9 Å². The number of nitrogens with zero attached hydrogens (tertiary/aromatic N) is 2. The van der Waals surface area contributed by atoms with E-state index in [4.69, 9.17) is 4.84 Å². The molecule has 1 heterocycles. The SMILES string of the molecule is CCCCCCN(C)Oc1ccc2c(c1)CCN(C)C2c1ccc(Br)cc1. The zero-order chi connectivity index (χ0) is 19.2. The van der Waals surface area contributed by atoms with Gasteiger partial charge < -0.3 is 4.84 Å². The molecule has 0 saturated carbocycles. The van der Waals surface area contributed by atoms with Gasteiger partial charge in [0, 0.05) is 24.6 Å². The molecule has 4 heteroatoms. The standard InChI is InChI=1S/C23H31BrN2O/c1-4-5-6-7-15-26(3)27-21-12-13-22-19(17-21)14-16-25(2)23(22)18-8-10-20(24)11-9-18/h8-13,17,23H,4-7,14-16H2,1-3H3. The Labute approximate surface area is 172 Å². The number of unbranched alkanes of at least 4 members (excludes halogenated alkanes) is 3. The van der Waals surface area contributed by atoms with Crippen molar-refractivity contribution in [2.24, 2.45) is 0 Å². The molecule has 1 aliphatic heterocycles. The highest BCUT2D eigenvalue weighted by Crippen LogP contribution is 2.36. The molecule has 0 aliphatic carbocycles. The highest BCUT2D eigenvalue weighted by atomic mass is 79.9. The van der Waals surface area contributed by atoms with E-state index in [9.17, 15) is 0 Å². The van der Waals surface area contributed by atoms with E-state index in [1.165, 1.54) is 42.4 Å². The summed E-state index contributed by atoms with van der Waals surface area (Å²) in [7, 11) is 4.24. The van der Waals surface area contributed by atoms with Crippen LogP contribution in [0.5, 0.6) is 5.75 Å². The van der Waals surface area contributed by atoms with E-state index < -0.39 is 0 Å². The summed E-state index contributed by atoms with van der Waals surface area (Å²) in [5, 5.41) is 1.97. The van der Waals surface area contributed by atoms with Gasteiger partial charge in [-0.15, -0.1) is 5.06 Å². The third kappa shape index (κ3) is 5.34. The summed E-state index contributed by atoms with van der Waals surface area (Å²) in [6.07, 6.45) is 6.10. The van der Waals surface area contributed by atoms with E-state index in [1.807, 2.05) is 12.1 Å². The molecule has 146 valence electrons.